The summed E-state index contributed by atoms with van der Waals surface area (Å²) in [5, 5.41) is 9.16. The molecule has 1 aliphatic rings. The van der Waals surface area contributed by atoms with E-state index >= 15 is 4.39 Å². The maximum absolute atomic E-state index is 15.1. The first-order chi connectivity index (χ1) is 16.7. The maximum Gasteiger partial charge on any atom is 0.341 e. The standard InChI is InChI=1S/C24H30FNO7.C2H6/c1-24(2)10-14(12-32-13-24)15-8-19(33-7-5-6-30-3)18(31-4)9-16(15)21-20(25)22(27)17(11-26-21)23(28)29;1-2/h8-9,11,14H,5-7,10,12-13H2,1-4H3,(H,26,27)(H,28,29);1-2H3/t14-;/m1./s1. The Hall–Kier alpha value is -2.91. The molecule has 0 radical (unpaired) electrons. The number of ether oxygens (including phenoxy) is 4. The predicted molar refractivity (Wildman–Crippen MR) is 131 cm³/mol. The largest absolute Gasteiger partial charge is 0.493 e. The Kier molecular flexibility index (Phi) is 10.3. The summed E-state index contributed by atoms with van der Waals surface area (Å²) in [7, 11) is 3.09. The molecule has 1 aromatic carbocycles. The Morgan fingerprint density at radius 1 is 1.23 bits per heavy atom. The topological polar surface area (TPSA) is 107 Å². The molecular weight excluding hydrogens is 457 g/mol. The van der Waals surface area contributed by atoms with Crippen LogP contribution in [0.2, 0.25) is 0 Å². The van der Waals surface area contributed by atoms with Gasteiger partial charge in [0.2, 0.25) is 5.43 Å². The second-order valence-electron chi connectivity index (χ2n) is 8.89. The number of carboxylic acid groups (broad SMARTS) is 1. The van der Waals surface area contributed by atoms with E-state index in [4.69, 9.17) is 24.1 Å². The molecule has 3 rings (SSSR count). The van der Waals surface area contributed by atoms with Gasteiger partial charge in [0, 0.05) is 37.8 Å². The van der Waals surface area contributed by atoms with Crippen molar-refractivity contribution in [2.45, 2.75) is 46.5 Å². The Balaban J connectivity index is 0.00000210. The smallest absolute Gasteiger partial charge is 0.341 e. The van der Waals surface area contributed by atoms with E-state index in [-0.39, 0.29) is 17.0 Å². The van der Waals surface area contributed by atoms with E-state index in [1.165, 1.54) is 7.11 Å². The number of carbonyl (C=O) groups is 1. The average Bonchev–Trinajstić information content (AvgIpc) is 2.83. The van der Waals surface area contributed by atoms with Gasteiger partial charge in [-0.2, -0.15) is 0 Å². The fourth-order valence-corrected chi connectivity index (χ4v) is 4.11. The summed E-state index contributed by atoms with van der Waals surface area (Å²) in [6, 6.07) is 3.40. The van der Waals surface area contributed by atoms with Crippen LogP contribution in [0, 0.1) is 11.2 Å². The molecule has 1 atom stereocenters. The lowest BCUT2D eigenvalue weighted by atomic mass is 9.77. The first-order valence-electron chi connectivity index (χ1n) is 11.7. The van der Waals surface area contributed by atoms with E-state index < -0.39 is 22.8 Å². The number of aromatic nitrogens is 1. The maximum atomic E-state index is 15.1. The summed E-state index contributed by atoms with van der Waals surface area (Å²) in [4.78, 5) is 26.3. The molecule has 9 heteroatoms. The number of H-pyrrole nitrogens is 1. The number of aromatic carboxylic acids is 1. The van der Waals surface area contributed by atoms with Gasteiger partial charge in [0.25, 0.3) is 0 Å². The Labute approximate surface area is 205 Å². The van der Waals surface area contributed by atoms with Gasteiger partial charge in [0.05, 0.1) is 32.6 Å². The summed E-state index contributed by atoms with van der Waals surface area (Å²) in [5.41, 5.74) is -0.922. The van der Waals surface area contributed by atoms with Crippen molar-refractivity contribution in [2.75, 3.05) is 40.6 Å². The Bertz CT molecular complexity index is 1060. The highest BCUT2D eigenvalue weighted by Gasteiger charge is 2.33. The van der Waals surface area contributed by atoms with Crippen LogP contribution >= 0.6 is 0 Å². The van der Waals surface area contributed by atoms with Gasteiger partial charge >= 0.3 is 5.97 Å². The number of carboxylic acids is 1. The third kappa shape index (κ3) is 6.82. The number of methoxy groups -OCH3 is 2. The molecule has 0 saturated carbocycles. The quantitative estimate of drug-likeness (QED) is 0.481. The van der Waals surface area contributed by atoms with Crippen LogP contribution in [0.5, 0.6) is 11.5 Å². The third-order valence-electron chi connectivity index (χ3n) is 5.66. The van der Waals surface area contributed by atoms with Crippen LogP contribution in [0.15, 0.2) is 23.1 Å². The normalized spacial score (nSPS) is 16.7. The number of hydrogen-bond acceptors (Lipinski definition) is 6. The fourth-order valence-electron chi connectivity index (χ4n) is 4.11. The zero-order valence-electron chi connectivity index (χ0n) is 21.3. The molecule has 2 N–H and O–H groups in total. The number of nitrogens with one attached hydrogen (secondary N) is 1. The van der Waals surface area contributed by atoms with Crippen LogP contribution in [0.1, 0.15) is 62.4 Å². The third-order valence-corrected chi connectivity index (χ3v) is 5.66. The minimum absolute atomic E-state index is 0.0985. The minimum Gasteiger partial charge on any atom is -0.493 e. The zero-order valence-corrected chi connectivity index (χ0v) is 21.3. The highest BCUT2D eigenvalue weighted by molar-refractivity contribution is 5.87. The van der Waals surface area contributed by atoms with E-state index in [0.29, 0.717) is 49.9 Å². The molecule has 0 bridgehead atoms. The van der Waals surface area contributed by atoms with Crippen molar-refractivity contribution < 1.29 is 33.2 Å². The molecule has 1 fully saturated rings. The lowest BCUT2D eigenvalue weighted by molar-refractivity contribution is -0.00185. The van der Waals surface area contributed by atoms with E-state index in [0.717, 1.165) is 18.2 Å². The lowest BCUT2D eigenvalue weighted by Gasteiger charge is -2.36. The van der Waals surface area contributed by atoms with Crippen molar-refractivity contribution in [3.8, 4) is 22.8 Å². The fraction of sp³-hybridized carbons (Fsp3) is 0.538. The van der Waals surface area contributed by atoms with E-state index in [2.05, 4.69) is 18.8 Å². The molecule has 1 saturated heterocycles. The predicted octanol–water partition coefficient (Wildman–Crippen LogP) is 4.86. The Morgan fingerprint density at radius 3 is 2.54 bits per heavy atom. The van der Waals surface area contributed by atoms with Crippen LogP contribution in [0.25, 0.3) is 11.3 Å². The van der Waals surface area contributed by atoms with Gasteiger partial charge in [-0.3, -0.25) is 4.79 Å². The molecule has 8 nitrogen and oxygen atoms in total. The van der Waals surface area contributed by atoms with E-state index in [1.807, 2.05) is 13.8 Å². The number of halogens is 1. The van der Waals surface area contributed by atoms with E-state index in [1.54, 1.807) is 19.2 Å². The molecule has 0 aliphatic carbocycles. The van der Waals surface area contributed by atoms with Gasteiger partial charge in [-0.1, -0.05) is 27.7 Å². The molecular formula is C26H36FNO7. The summed E-state index contributed by atoms with van der Waals surface area (Å²) >= 11 is 0. The van der Waals surface area contributed by atoms with Gasteiger partial charge in [0.15, 0.2) is 17.3 Å². The van der Waals surface area contributed by atoms with Gasteiger partial charge < -0.3 is 29.0 Å². The second-order valence-corrected chi connectivity index (χ2v) is 8.89. The van der Waals surface area contributed by atoms with Crippen molar-refractivity contribution in [3.05, 3.63) is 45.5 Å². The second kappa shape index (κ2) is 12.7. The van der Waals surface area contributed by atoms with E-state index in [9.17, 15) is 9.59 Å². The van der Waals surface area contributed by atoms with Crippen LogP contribution in [-0.4, -0.2) is 56.7 Å². The lowest BCUT2D eigenvalue weighted by Crippen LogP contribution is -2.31. The molecule has 1 aliphatic heterocycles. The highest BCUT2D eigenvalue weighted by atomic mass is 19.1. The molecule has 1 aromatic heterocycles. The van der Waals surface area contributed by atoms with Crippen LogP contribution in [-0.2, 0) is 9.47 Å². The molecule has 2 aromatic rings. The average molecular weight is 494 g/mol. The summed E-state index contributed by atoms with van der Waals surface area (Å²) in [6.45, 7) is 10.1. The van der Waals surface area contributed by atoms with Crippen molar-refractivity contribution in [2.24, 2.45) is 5.41 Å². The van der Waals surface area contributed by atoms with Crippen LogP contribution < -0.4 is 14.9 Å². The monoisotopic (exact) mass is 493 g/mol. The van der Waals surface area contributed by atoms with Crippen molar-refractivity contribution in [3.63, 3.8) is 0 Å². The van der Waals surface area contributed by atoms with Crippen LogP contribution in [0.4, 0.5) is 4.39 Å². The summed E-state index contributed by atoms with van der Waals surface area (Å²) in [5.74, 6) is -1.91. The molecule has 2 heterocycles. The first kappa shape index (κ1) is 28.3. The van der Waals surface area contributed by atoms with Crippen molar-refractivity contribution in [1.82, 2.24) is 4.98 Å². The number of rotatable bonds is 9. The highest BCUT2D eigenvalue weighted by Crippen LogP contribution is 2.44. The number of benzene rings is 1. The zero-order chi connectivity index (χ0) is 26.2. The van der Waals surface area contributed by atoms with Crippen molar-refractivity contribution >= 4 is 5.97 Å². The molecule has 194 valence electrons. The van der Waals surface area contributed by atoms with Crippen molar-refractivity contribution in [1.29, 1.82) is 0 Å². The Morgan fingerprint density at radius 2 is 1.94 bits per heavy atom. The minimum atomic E-state index is -1.50. The van der Waals surface area contributed by atoms with Gasteiger partial charge in [-0.05, 0) is 29.5 Å². The number of hydrogen-bond donors (Lipinski definition) is 2. The number of aromatic amines is 1. The number of pyridine rings is 1. The van der Waals surface area contributed by atoms with Gasteiger partial charge in [-0.25, -0.2) is 9.18 Å². The SMILES string of the molecule is CC.COCCCOc1cc([C@H]2COCC(C)(C)C2)c(-c2[nH]cc(C(=O)O)c(=O)c2F)cc1OC. The first-order valence-corrected chi connectivity index (χ1v) is 11.7. The summed E-state index contributed by atoms with van der Waals surface area (Å²) < 4.78 is 37.4. The molecule has 0 unspecified atom stereocenters. The molecule has 0 amide bonds. The van der Waals surface area contributed by atoms with Gasteiger partial charge in [-0.15, -0.1) is 0 Å². The molecule has 35 heavy (non-hydrogen) atoms. The van der Waals surface area contributed by atoms with Crippen LogP contribution in [0.3, 0.4) is 0 Å². The van der Waals surface area contributed by atoms with Gasteiger partial charge in [0.1, 0.15) is 5.56 Å². The molecule has 0 spiro atoms. The summed E-state index contributed by atoms with van der Waals surface area (Å²) in [6.07, 6.45) is 2.46.